The van der Waals surface area contributed by atoms with E-state index in [2.05, 4.69) is 9.97 Å². The molecule has 3 nitrogen and oxygen atoms in total. The number of halogens is 1. The van der Waals surface area contributed by atoms with Crippen molar-refractivity contribution >= 4 is 16.7 Å². The first-order chi connectivity index (χ1) is 9.13. The molecule has 4 heteroatoms. The number of nitrogens with two attached hydrogens (primary N) is 1. The smallest absolute Gasteiger partial charge is 0.123 e. The van der Waals surface area contributed by atoms with Gasteiger partial charge < -0.3 is 5.73 Å². The first-order valence-electron chi connectivity index (χ1n) is 5.93. The standard InChI is InChI=1S/C15H12FN3/c1-9-12(4-7-15(17)18-9)14-5-2-10-8-11(16)3-6-13(10)19-14/h2-8H,1H3,(H2,17,18). The van der Waals surface area contributed by atoms with Crippen LogP contribution in [-0.4, -0.2) is 9.97 Å². The molecule has 0 aliphatic carbocycles. The van der Waals surface area contributed by atoms with Crippen LogP contribution in [0.4, 0.5) is 10.2 Å². The fourth-order valence-corrected chi connectivity index (χ4v) is 2.10. The Balaban J connectivity index is 2.17. The average Bonchev–Trinajstić information content (AvgIpc) is 2.38. The van der Waals surface area contributed by atoms with Gasteiger partial charge in [-0.05, 0) is 43.3 Å². The van der Waals surface area contributed by atoms with Crippen molar-refractivity contribution < 1.29 is 4.39 Å². The van der Waals surface area contributed by atoms with Crippen LogP contribution in [0.3, 0.4) is 0 Å². The second-order valence-electron chi connectivity index (χ2n) is 4.40. The molecule has 2 N–H and O–H groups in total. The van der Waals surface area contributed by atoms with Gasteiger partial charge in [0.2, 0.25) is 0 Å². The number of anilines is 1. The molecule has 0 fully saturated rings. The molecule has 0 aliphatic heterocycles. The number of benzene rings is 1. The predicted octanol–water partition coefficient (Wildman–Crippen LogP) is 3.33. The van der Waals surface area contributed by atoms with E-state index in [-0.39, 0.29) is 5.82 Å². The number of aryl methyl sites for hydroxylation is 1. The molecule has 2 aromatic heterocycles. The minimum absolute atomic E-state index is 0.257. The number of nitrogen functional groups attached to an aromatic ring is 1. The highest BCUT2D eigenvalue weighted by atomic mass is 19.1. The first-order valence-corrected chi connectivity index (χ1v) is 5.93. The fraction of sp³-hybridized carbons (Fsp3) is 0.0667. The zero-order chi connectivity index (χ0) is 13.4. The van der Waals surface area contributed by atoms with Crippen molar-refractivity contribution in [1.29, 1.82) is 0 Å². The summed E-state index contributed by atoms with van der Waals surface area (Å²) in [6.07, 6.45) is 0. The first kappa shape index (κ1) is 11.6. The number of rotatable bonds is 1. The maximum absolute atomic E-state index is 13.1. The van der Waals surface area contributed by atoms with Crippen LogP contribution in [0.5, 0.6) is 0 Å². The van der Waals surface area contributed by atoms with Gasteiger partial charge in [-0.1, -0.05) is 6.07 Å². The second kappa shape index (κ2) is 4.31. The Morgan fingerprint density at radius 1 is 1.00 bits per heavy atom. The molecule has 0 aliphatic rings. The van der Waals surface area contributed by atoms with Crippen molar-refractivity contribution in [3.05, 3.63) is 54.0 Å². The molecule has 0 atom stereocenters. The molecule has 0 bridgehead atoms. The lowest BCUT2D eigenvalue weighted by Gasteiger charge is -2.06. The highest BCUT2D eigenvalue weighted by Gasteiger charge is 2.06. The fourth-order valence-electron chi connectivity index (χ4n) is 2.10. The summed E-state index contributed by atoms with van der Waals surface area (Å²) in [6, 6.07) is 11.9. The zero-order valence-corrected chi connectivity index (χ0v) is 10.4. The Morgan fingerprint density at radius 2 is 1.84 bits per heavy atom. The topological polar surface area (TPSA) is 51.8 Å². The highest BCUT2D eigenvalue weighted by Crippen LogP contribution is 2.24. The van der Waals surface area contributed by atoms with E-state index in [1.165, 1.54) is 12.1 Å². The summed E-state index contributed by atoms with van der Waals surface area (Å²) < 4.78 is 13.1. The minimum atomic E-state index is -0.257. The normalized spacial score (nSPS) is 10.8. The third-order valence-electron chi connectivity index (χ3n) is 3.03. The van der Waals surface area contributed by atoms with E-state index >= 15 is 0 Å². The van der Waals surface area contributed by atoms with Crippen LogP contribution < -0.4 is 5.73 Å². The van der Waals surface area contributed by atoms with Crippen molar-refractivity contribution in [2.75, 3.05) is 5.73 Å². The molecule has 0 amide bonds. The van der Waals surface area contributed by atoms with Crippen molar-refractivity contribution in [2.24, 2.45) is 0 Å². The number of nitrogens with zero attached hydrogens (tertiary/aromatic N) is 2. The quantitative estimate of drug-likeness (QED) is 0.723. The Hall–Kier alpha value is -2.49. The number of fused-ring (bicyclic) bond motifs is 1. The highest BCUT2D eigenvalue weighted by molar-refractivity contribution is 5.81. The SMILES string of the molecule is Cc1nc(N)ccc1-c1ccc2cc(F)ccc2n1. The van der Waals surface area contributed by atoms with E-state index in [0.717, 1.165) is 27.9 Å². The van der Waals surface area contributed by atoms with E-state index in [4.69, 9.17) is 5.73 Å². The molecule has 94 valence electrons. The molecular formula is C15H12FN3. The summed E-state index contributed by atoms with van der Waals surface area (Å²) in [5.41, 5.74) is 8.97. The molecule has 3 rings (SSSR count). The van der Waals surface area contributed by atoms with Crippen LogP contribution in [0.1, 0.15) is 5.69 Å². The maximum atomic E-state index is 13.1. The zero-order valence-electron chi connectivity index (χ0n) is 10.4. The Morgan fingerprint density at radius 3 is 2.63 bits per heavy atom. The molecule has 19 heavy (non-hydrogen) atoms. The lowest BCUT2D eigenvalue weighted by atomic mass is 10.1. The molecule has 3 aromatic rings. The average molecular weight is 253 g/mol. The summed E-state index contributed by atoms with van der Waals surface area (Å²) in [5, 5.41) is 0.782. The molecule has 0 saturated carbocycles. The number of hydrogen-bond donors (Lipinski definition) is 1. The number of aromatic nitrogens is 2. The van der Waals surface area contributed by atoms with Gasteiger partial charge in [-0.3, -0.25) is 0 Å². The van der Waals surface area contributed by atoms with E-state index in [9.17, 15) is 4.39 Å². The van der Waals surface area contributed by atoms with Crippen LogP contribution >= 0.6 is 0 Å². The summed E-state index contributed by atoms with van der Waals surface area (Å²) in [4.78, 5) is 8.75. The summed E-state index contributed by atoms with van der Waals surface area (Å²) in [7, 11) is 0. The van der Waals surface area contributed by atoms with Gasteiger partial charge in [-0.15, -0.1) is 0 Å². The van der Waals surface area contributed by atoms with Crippen molar-refractivity contribution in [1.82, 2.24) is 9.97 Å². The van der Waals surface area contributed by atoms with Gasteiger partial charge in [-0.25, -0.2) is 14.4 Å². The Bertz CT molecular complexity index is 768. The summed E-state index contributed by atoms with van der Waals surface area (Å²) in [6.45, 7) is 1.89. The molecule has 0 radical (unpaired) electrons. The molecular weight excluding hydrogens is 241 g/mol. The lowest BCUT2D eigenvalue weighted by Crippen LogP contribution is -1.95. The third-order valence-corrected chi connectivity index (χ3v) is 3.03. The maximum Gasteiger partial charge on any atom is 0.123 e. The van der Waals surface area contributed by atoms with E-state index in [1.807, 2.05) is 25.1 Å². The molecule has 2 heterocycles. The number of hydrogen-bond acceptors (Lipinski definition) is 3. The monoisotopic (exact) mass is 253 g/mol. The van der Waals surface area contributed by atoms with E-state index in [0.29, 0.717) is 5.82 Å². The third kappa shape index (κ3) is 2.12. The Labute approximate surface area is 109 Å². The van der Waals surface area contributed by atoms with Crippen molar-refractivity contribution in [3.63, 3.8) is 0 Å². The Kier molecular flexibility index (Phi) is 2.63. The molecule has 1 aromatic carbocycles. The van der Waals surface area contributed by atoms with Crippen molar-refractivity contribution in [2.45, 2.75) is 6.92 Å². The van der Waals surface area contributed by atoms with Gasteiger partial charge in [0.05, 0.1) is 11.2 Å². The van der Waals surface area contributed by atoms with Crippen LogP contribution in [0.15, 0.2) is 42.5 Å². The minimum Gasteiger partial charge on any atom is -0.384 e. The summed E-state index contributed by atoms with van der Waals surface area (Å²) >= 11 is 0. The largest absolute Gasteiger partial charge is 0.384 e. The van der Waals surface area contributed by atoms with E-state index in [1.54, 1.807) is 12.1 Å². The van der Waals surface area contributed by atoms with Gasteiger partial charge in [0.25, 0.3) is 0 Å². The molecule has 0 unspecified atom stereocenters. The number of pyridine rings is 2. The van der Waals surface area contributed by atoms with Gasteiger partial charge >= 0.3 is 0 Å². The van der Waals surface area contributed by atoms with Gasteiger partial charge in [0.1, 0.15) is 11.6 Å². The van der Waals surface area contributed by atoms with Gasteiger partial charge in [0.15, 0.2) is 0 Å². The molecule has 0 spiro atoms. The van der Waals surface area contributed by atoms with Crippen LogP contribution in [0.2, 0.25) is 0 Å². The molecule has 0 saturated heterocycles. The van der Waals surface area contributed by atoms with Gasteiger partial charge in [-0.2, -0.15) is 0 Å². The predicted molar refractivity (Wildman–Crippen MR) is 74.1 cm³/mol. The van der Waals surface area contributed by atoms with Crippen LogP contribution in [0.25, 0.3) is 22.2 Å². The van der Waals surface area contributed by atoms with E-state index < -0.39 is 0 Å². The second-order valence-corrected chi connectivity index (χ2v) is 4.40. The van der Waals surface area contributed by atoms with Gasteiger partial charge in [0, 0.05) is 16.6 Å². The summed E-state index contributed by atoms with van der Waals surface area (Å²) in [5.74, 6) is 0.233. The lowest BCUT2D eigenvalue weighted by molar-refractivity contribution is 0.629. The van der Waals surface area contributed by atoms with Crippen molar-refractivity contribution in [3.8, 4) is 11.3 Å². The van der Waals surface area contributed by atoms with Crippen LogP contribution in [-0.2, 0) is 0 Å². The van der Waals surface area contributed by atoms with Crippen LogP contribution in [0, 0.1) is 12.7 Å².